The van der Waals surface area contributed by atoms with E-state index in [-0.39, 0.29) is 5.97 Å². The van der Waals surface area contributed by atoms with Crippen LogP contribution >= 0.6 is 0 Å². The Morgan fingerprint density at radius 3 is 2.95 bits per heavy atom. The number of H-pyrrole nitrogens is 1. The highest BCUT2D eigenvalue weighted by molar-refractivity contribution is 5.84. The number of carbonyl (C=O) groups is 1. The molecular weight excluding hydrogens is 252 g/mol. The summed E-state index contributed by atoms with van der Waals surface area (Å²) in [5.74, 6) is -0.364. The number of benzene rings is 1. The van der Waals surface area contributed by atoms with Crippen molar-refractivity contribution < 1.29 is 9.53 Å². The summed E-state index contributed by atoms with van der Waals surface area (Å²) in [6.45, 7) is 4.13. The van der Waals surface area contributed by atoms with Gasteiger partial charge < -0.3 is 15.5 Å². The van der Waals surface area contributed by atoms with Crippen LogP contribution in [-0.4, -0.2) is 23.6 Å². The van der Waals surface area contributed by atoms with Gasteiger partial charge in [0.05, 0.1) is 0 Å². The van der Waals surface area contributed by atoms with Gasteiger partial charge in [0.1, 0.15) is 12.6 Å². The molecule has 0 radical (unpaired) electrons. The van der Waals surface area contributed by atoms with E-state index in [9.17, 15) is 4.79 Å². The first kappa shape index (κ1) is 14.3. The first-order valence-electron chi connectivity index (χ1n) is 6.71. The van der Waals surface area contributed by atoms with Crippen LogP contribution in [0.4, 0.5) is 0 Å². The van der Waals surface area contributed by atoms with Gasteiger partial charge in [-0.05, 0) is 31.1 Å². The molecule has 0 amide bonds. The molecule has 1 atom stereocenters. The van der Waals surface area contributed by atoms with Crippen LogP contribution in [0.15, 0.2) is 42.1 Å². The van der Waals surface area contributed by atoms with Gasteiger partial charge >= 0.3 is 5.97 Å². The van der Waals surface area contributed by atoms with E-state index in [1.54, 1.807) is 0 Å². The van der Waals surface area contributed by atoms with Crippen LogP contribution in [0.2, 0.25) is 0 Å². The number of carbonyl (C=O) groups excluding carboxylic acids is 1. The Morgan fingerprint density at radius 1 is 1.45 bits per heavy atom. The number of hydrogen-bond donors (Lipinski definition) is 2. The largest absolute Gasteiger partial charge is 0.460 e. The fraction of sp³-hybridized carbons (Fsp3) is 0.312. The monoisotopic (exact) mass is 272 g/mol. The average Bonchev–Trinajstić information content (AvgIpc) is 2.87. The lowest BCUT2D eigenvalue weighted by molar-refractivity contribution is -0.144. The Kier molecular flexibility index (Phi) is 4.58. The van der Waals surface area contributed by atoms with Crippen molar-refractivity contribution in [3.8, 4) is 0 Å². The number of aromatic amines is 1. The summed E-state index contributed by atoms with van der Waals surface area (Å²) in [6.07, 6.45) is 4.28. The summed E-state index contributed by atoms with van der Waals surface area (Å²) >= 11 is 0. The van der Waals surface area contributed by atoms with Crippen LogP contribution in [0.5, 0.6) is 0 Å². The summed E-state index contributed by atoms with van der Waals surface area (Å²) in [5.41, 5.74) is 9.01. The predicted molar refractivity (Wildman–Crippen MR) is 80.4 cm³/mol. The fourth-order valence-corrected chi connectivity index (χ4v) is 2.00. The summed E-state index contributed by atoms with van der Waals surface area (Å²) in [5, 5.41) is 1.10. The zero-order valence-corrected chi connectivity index (χ0v) is 11.8. The van der Waals surface area contributed by atoms with Crippen molar-refractivity contribution in [1.29, 1.82) is 0 Å². The van der Waals surface area contributed by atoms with Gasteiger partial charge in [-0.15, -0.1) is 0 Å². The van der Waals surface area contributed by atoms with E-state index in [4.69, 9.17) is 10.5 Å². The van der Waals surface area contributed by atoms with E-state index < -0.39 is 6.04 Å². The Morgan fingerprint density at radius 2 is 2.20 bits per heavy atom. The molecule has 2 rings (SSSR count). The maximum absolute atomic E-state index is 11.8. The van der Waals surface area contributed by atoms with E-state index in [0.717, 1.165) is 22.0 Å². The summed E-state index contributed by atoms with van der Waals surface area (Å²) in [6, 6.07) is 7.32. The molecule has 1 aromatic carbocycles. The Labute approximate surface area is 118 Å². The normalized spacial score (nSPS) is 13.4. The van der Waals surface area contributed by atoms with E-state index in [1.807, 2.05) is 50.4 Å². The van der Waals surface area contributed by atoms with Gasteiger partial charge in [0, 0.05) is 23.5 Å². The van der Waals surface area contributed by atoms with Crippen LogP contribution in [0, 0.1) is 0 Å². The molecule has 4 heteroatoms. The van der Waals surface area contributed by atoms with E-state index in [1.165, 1.54) is 0 Å². The smallest absolute Gasteiger partial charge is 0.323 e. The number of aromatic nitrogens is 1. The maximum atomic E-state index is 11.8. The minimum atomic E-state index is -0.640. The molecule has 0 spiro atoms. The summed E-state index contributed by atoms with van der Waals surface area (Å²) in [7, 11) is 0. The van der Waals surface area contributed by atoms with Crippen LogP contribution in [0.3, 0.4) is 0 Å². The van der Waals surface area contributed by atoms with Gasteiger partial charge in [-0.25, -0.2) is 0 Å². The Hall–Kier alpha value is -2.07. The van der Waals surface area contributed by atoms with Crippen molar-refractivity contribution in [3.05, 3.63) is 47.7 Å². The van der Waals surface area contributed by atoms with Crippen molar-refractivity contribution in [2.45, 2.75) is 26.3 Å². The number of para-hydroxylation sites is 1. The SMILES string of the molecule is CC=C(C)COC(=O)[C@@H](N)Cc1c[nH]c2ccccc12. The number of fused-ring (bicyclic) bond motifs is 1. The van der Waals surface area contributed by atoms with Crippen molar-refractivity contribution in [2.75, 3.05) is 6.61 Å². The number of hydrogen-bond acceptors (Lipinski definition) is 3. The van der Waals surface area contributed by atoms with E-state index in [2.05, 4.69) is 4.98 Å². The standard InChI is InChI=1S/C16H20N2O2/c1-3-11(2)10-20-16(19)14(17)8-12-9-18-15-7-5-4-6-13(12)15/h3-7,9,14,18H,8,10,17H2,1-2H3/t14-/m0/s1. The molecular formula is C16H20N2O2. The van der Waals surface area contributed by atoms with E-state index >= 15 is 0 Å². The van der Waals surface area contributed by atoms with E-state index in [0.29, 0.717) is 13.0 Å². The van der Waals surface area contributed by atoms with Gasteiger partial charge in [0.25, 0.3) is 0 Å². The highest BCUT2D eigenvalue weighted by Gasteiger charge is 2.17. The molecule has 0 aliphatic rings. The first-order valence-corrected chi connectivity index (χ1v) is 6.71. The number of nitrogens with one attached hydrogen (secondary N) is 1. The van der Waals surface area contributed by atoms with Gasteiger partial charge in [0.2, 0.25) is 0 Å². The molecule has 20 heavy (non-hydrogen) atoms. The quantitative estimate of drug-likeness (QED) is 0.649. The Bertz CT molecular complexity index is 628. The van der Waals surface area contributed by atoms with Gasteiger partial charge in [-0.3, -0.25) is 4.79 Å². The van der Waals surface area contributed by atoms with Gasteiger partial charge in [-0.2, -0.15) is 0 Å². The van der Waals surface area contributed by atoms with Crippen molar-refractivity contribution in [1.82, 2.24) is 4.98 Å². The predicted octanol–water partition coefficient (Wildman–Crippen LogP) is 2.55. The minimum absolute atomic E-state index is 0.302. The van der Waals surface area contributed by atoms with Crippen molar-refractivity contribution in [3.63, 3.8) is 0 Å². The number of esters is 1. The van der Waals surface area contributed by atoms with Gasteiger partial charge in [0.15, 0.2) is 0 Å². The number of allylic oxidation sites excluding steroid dienone is 1. The lowest BCUT2D eigenvalue weighted by atomic mass is 10.1. The van der Waals surface area contributed by atoms with Crippen LogP contribution < -0.4 is 5.73 Å². The summed E-state index contributed by atoms with van der Waals surface area (Å²) < 4.78 is 5.17. The molecule has 1 aromatic heterocycles. The lowest BCUT2D eigenvalue weighted by Gasteiger charge is -2.11. The third kappa shape index (κ3) is 3.27. The third-order valence-electron chi connectivity index (χ3n) is 3.35. The highest BCUT2D eigenvalue weighted by atomic mass is 16.5. The minimum Gasteiger partial charge on any atom is -0.460 e. The van der Waals surface area contributed by atoms with Crippen LogP contribution in [0.25, 0.3) is 10.9 Å². The summed E-state index contributed by atoms with van der Waals surface area (Å²) in [4.78, 5) is 15.0. The highest BCUT2D eigenvalue weighted by Crippen LogP contribution is 2.18. The van der Waals surface area contributed by atoms with Crippen molar-refractivity contribution >= 4 is 16.9 Å². The zero-order valence-electron chi connectivity index (χ0n) is 11.8. The number of nitrogens with two attached hydrogens (primary N) is 1. The molecule has 0 unspecified atom stereocenters. The van der Waals surface area contributed by atoms with Crippen LogP contribution in [-0.2, 0) is 16.0 Å². The number of ether oxygens (including phenoxy) is 1. The second-order valence-corrected chi connectivity index (χ2v) is 4.91. The molecule has 1 heterocycles. The van der Waals surface area contributed by atoms with Gasteiger partial charge in [-0.1, -0.05) is 24.3 Å². The fourth-order valence-electron chi connectivity index (χ4n) is 2.00. The molecule has 2 aromatic rings. The molecule has 0 bridgehead atoms. The molecule has 0 fully saturated rings. The maximum Gasteiger partial charge on any atom is 0.323 e. The molecule has 0 saturated heterocycles. The van der Waals surface area contributed by atoms with Crippen molar-refractivity contribution in [2.24, 2.45) is 5.73 Å². The zero-order chi connectivity index (χ0) is 14.5. The first-order chi connectivity index (χ1) is 9.61. The molecule has 4 nitrogen and oxygen atoms in total. The molecule has 0 saturated carbocycles. The second-order valence-electron chi connectivity index (χ2n) is 4.91. The van der Waals surface area contributed by atoms with Crippen LogP contribution in [0.1, 0.15) is 19.4 Å². The second kappa shape index (κ2) is 6.39. The number of rotatable bonds is 5. The molecule has 0 aliphatic heterocycles. The molecule has 106 valence electrons. The third-order valence-corrected chi connectivity index (χ3v) is 3.35. The lowest BCUT2D eigenvalue weighted by Crippen LogP contribution is -2.34. The average molecular weight is 272 g/mol. The Balaban J connectivity index is 2.00. The molecule has 3 N–H and O–H groups in total. The molecule has 0 aliphatic carbocycles. The topological polar surface area (TPSA) is 68.1 Å².